The molecule has 0 aliphatic heterocycles. The van der Waals surface area contributed by atoms with Gasteiger partial charge in [-0.15, -0.1) is 0 Å². The molecule has 0 atom stereocenters. The molecule has 1 aromatic carbocycles. The average molecular weight is 299 g/mol. The molecule has 0 bridgehead atoms. The zero-order chi connectivity index (χ0) is 14.8. The molecule has 1 rings (SSSR count). The van der Waals surface area contributed by atoms with Gasteiger partial charge in [-0.2, -0.15) is 0 Å². The summed E-state index contributed by atoms with van der Waals surface area (Å²) in [5.74, 6) is 0. The third-order valence-electron chi connectivity index (χ3n) is 3.19. The number of anilines is 1. The van der Waals surface area contributed by atoms with Gasteiger partial charge in [-0.1, -0.05) is 31.5 Å². The molecule has 0 aromatic heterocycles. The van der Waals surface area contributed by atoms with Crippen LogP contribution >= 0.6 is 11.6 Å². The molecule has 0 spiro atoms. The number of benzene rings is 1. The molecule has 114 valence electrons. The Hall–Kier alpha value is -0.770. The van der Waals surface area contributed by atoms with Crippen LogP contribution in [-0.4, -0.2) is 33.4 Å². The number of hydrogen-bond donors (Lipinski definition) is 1. The van der Waals surface area contributed by atoms with Crippen molar-refractivity contribution in [2.45, 2.75) is 33.2 Å². The molecule has 1 aromatic rings. The lowest BCUT2D eigenvalue weighted by Crippen LogP contribution is -2.25. The largest absolute Gasteiger partial charge is 0.383 e. The van der Waals surface area contributed by atoms with Crippen molar-refractivity contribution >= 4 is 17.3 Å². The SMILES string of the molecule is CCCN(CCC)c1ccc(CNCCOC)c(Cl)c1. The minimum atomic E-state index is 0.719. The molecular weight excluding hydrogens is 272 g/mol. The Morgan fingerprint density at radius 3 is 2.45 bits per heavy atom. The maximum absolute atomic E-state index is 6.39. The molecule has 0 heterocycles. The Morgan fingerprint density at radius 2 is 1.90 bits per heavy atom. The summed E-state index contributed by atoms with van der Waals surface area (Å²) in [5.41, 5.74) is 2.36. The van der Waals surface area contributed by atoms with Crippen LogP contribution in [0, 0.1) is 0 Å². The van der Waals surface area contributed by atoms with Crippen LogP contribution in [0.3, 0.4) is 0 Å². The first kappa shape index (κ1) is 17.3. The number of methoxy groups -OCH3 is 1. The van der Waals surface area contributed by atoms with Gasteiger partial charge in [0.1, 0.15) is 0 Å². The van der Waals surface area contributed by atoms with E-state index in [0.717, 1.165) is 56.2 Å². The molecule has 0 aliphatic rings. The van der Waals surface area contributed by atoms with E-state index >= 15 is 0 Å². The van der Waals surface area contributed by atoms with Crippen LogP contribution in [0.5, 0.6) is 0 Å². The summed E-state index contributed by atoms with van der Waals surface area (Å²) in [4.78, 5) is 2.40. The van der Waals surface area contributed by atoms with Gasteiger partial charge in [0.05, 0.1) is 6.61 Å². The zero-order valence-electron chi connectivity index (χ0n) is 12.9. The van der Waals surface area contributed by atoms with Crippen LogP contribution in [0.1, 0.15) is 32.3 Å². The molecule has 1 N–H and O–H groups in total. The van der Waals surface area contributed by atoms with Crippen LogP contribution in [-0.2, 0) is 11.3 Å². The highest BCUT2D eigenvalue weighted by molar-refractivity contribution is 6.31. The summed E-state index contributed by atoms with van der Waals surface area (Å²) < 4.78 is 5.01. The van der Waals surface area contributed by atoms with Gasteiger partial charge in [0.25, 0.3) is 0 Å². The summed E-state index contributed by atoms with van der Waals surface area (Å²) in [6.45, 7) is 8.91. The van der Waals surface area contributed by atoms with Crippen molar-refractivity contribution in [2.75, 3.05) is 38.3 Å². The molecule has 0 radical (unpaired) electrons. The second-order valence-corrected chi connectivity index (χ2v) is 5.34. The molecule has 0 amide bonds. The van der Waals surface area contributed by atoms with Crippen LogP contribution in [0.2, 0.25) is 5.02 Å². The summed E-state index contributed by atoms with van der Waals surface area (Å²) >= 11 is 6.39. The monoisotopic (exact) mass is 298 g/mol. The minimum Gasteiger partial charge on any atom is -0.383 e. The summed E-state index contributed by atoms with van der Waals surface area (Å²) in [6, 6.07) is 6.38. The van der Waals surface area contributed by atoms with E-state index in [9.17, 15) is 0 Å². The molecule has 3 nitrogen and oxygen atoms in total. The maximum Gasteiger partial charge on any atom is 0.0587 e. The van der Waals surface area contributed by atoms with Crippen molar-refractivity contribution in [3.05, 3.63) is 28.8 Å². The third-order valence-corrected chi connectivity index (χ3v) is 3.54. The number of ether oxygens (including phenoxy) is 1. The Labute approximate surface area is 128 Å². The smallest absolute Gasteiger partial charge is 0.0587 e. The molecule has 0 saturated carbocycles. The van der Waals surface area contributed by atoms with Crippen LogP contribution < -0.4 is 10.2 Å². The fourth-order valence-electron chi connectivity index (χ4n) is 2.18. The highest BCUT2D eigenvalue weighted by Gasteiger charge is 2.07. The van der Waals surface area contributed by atoms with Crippen molar-refractivity contribution in [3.63, 3.8) is 0 Å². The van der Waals surface area contributed by atoms with Crippen molar-refractivity contribution in [3.8, 4) is 0 Å². The first-order chi connectivity index (χ1) is 9.72. The predicted molar refractivity (Wildman–Crippen MR) is 87.8 cm³/mol. The first-order valence-electron chi connectivity index (χ1n) is 7.45. The Kier molecular flexibility index (Phi) is 8.67. The number of halogens is 1. The average Bonchev–Trinajstić information content (AvgIpc) is 2.45. The lowest BCUT2D eigenvalue weighted by molar-refractivity contribution is 0.199. The first-order valence-corrected chi connectivity index (χ1v) is 7.83. The quantitative estimate of drug-likeness (QED) is 0.667. The van der Waals surface area contributed by atoms with Crippen LogP contribution in [0.25, 0.3) is 0 Å². The van der Waals surface area contributed by atoms with Crippen molar-refractivity contribution in [1.29, 1.82) is 0 Å². The lowest BCUT2D eigenvalue weighted by Gasteiger charge is -2.24. The standard InChI is InChI=1S/C16H27ClN2O/c1-4-9-19(10-5-2)15-7-6-14(16(17)12-15)13-18-8-11-20-3/h6-7,12,18H,4-5,8-11,13H2,1-3H3. The molecule has 20 heavy (non-hydrogen) atoms. The van der Waals surface area contributed by atoms with Crippen molar-refractivity contribution in [2.24, 2.45) is 0 Å². The van der Waals surface area contributed by atoms with E-state index in [1.807, 2.05) is 0 Å². The van der Waals surface area contributed by atoms with Gasteiger partial charge < -0.3 is 15.0 Å². The minimum absolute atomic E-state index is 0.719. The van der Waals surface area contributed by atoms with Gasteiger partial charge in [0.2, 0.25) is 0 Å². The number of hydrogen-bond acceptors (Lipinski definition) is 3. The van der Waals surface area contributed by atoms with Gasteiger partial charge >= 0.3 is 0 Å². The van der Waals surface area contributed by atoms with Gasteiger partial charge in [-0.25, -0.2) is 0 Å². The summed E-state index contributed by atoms with van der Waals surface area (Å²) in [5, 5.41) is 4.16. The molecule has 0 unspecified atom stereocenters. The van der Waals surface area contributed by atoms with Crippen LogP contribution in [0.15, 0.2) is 18.2 Å². The molecule has 0 aliphatic carbocycles. The zero-order valence-corrected chi connectivity index (χ0v) is 13.7. The Morgan fingerprint density at radius 1 is 1.20 bits per heavy atom. The van der Waals surface area contributed by atoms with Gasteiger partial charge in [-0.3, -0.25) is 0 Å². The fraction of sp³-hybridized carbons (Fsp3) is 0.625. The number of nitrogens with one attached hydrogen (secondary N) is 1. The predicted octanol–water partition coefficient (Wildman–Crippen LogP) is 3.70. The van der Waals surface area contributed by atoms with Gasteiger partial charge in [0, 0.05) is 44.0 Å². The number of nitrogens with zero attached hydrogens (tertiary/aromatic N) is 1. The van der Waals surface area contributed by atoms with Gasteiger partial charge in [0.15, 0.2) is 0 Å². The van der Waals surface area contributed by atoms with Gasteiger partial charge in [-0.05, 0) is 30.5 Å². The van der Waals surface area contributed by atoms with Crippen molar-refractivity contribution < 1.29 is 4.74 Å². The number of rotatable bonds is 10. The van der Waals surface area contributed by atoms with Crippen molar-refractivity contribution in [1.82, 2.24) is 5.32 Å². The highest BCUT2D eigenvalue weighted by Crippen LogP contribution is 2.24. The second kappa shape index (κ2) is 10.0. The second-order valence-electron chi connectivity index (χ2n) is 4.93. The Balaban J connectivity index is 2.65. The topological polar surface area (TPSA) is 24.5 Å². The normalized spacial score (nSPS) is 10.8. The lowest BCUT2D eigenvalue weighted by atomic mass is 10.1. The summed E-state index contributed by atoms with van der Waals surface area (Å²) in [6.07, 6.45) is 2.30. The van der Waals surface area contributed by atoms with E-state index in [1.165, 1.54) is 5.69 Å². The molecule has 0 fully saturated rings. The molecular formula is C16H27ClN2O. The Bertz CT molecular complexity index is 379. The van der Waals surface area contributed by atoms with Crippen LogP contribution in [0.4, 0.5) is 5.69 Å². The fourth-order valence-corrected chi connectivity index (χ4v) is 2.43. The molecule has 4 heteroatoms. The van der Waals surface area contributed by atoms with E-state index in [-0.39, 0.29) is 0 Å². The summed E-state index contributed by atoms with van der Waals surface area (Å²) in [7, 11) is 1.71. The third kappa shape index (κ3) is 5.70. The van der Waals surface area contributed by atoms with E-state index in [1.54, 1.807) is 7.11 Å². The molecule has 0 saturated heterocycles. The highest BCUT2D eigenvalue weighted by atomic mass is 35.5. The van der Waals surface area contributed by atoms with E-state index in [4.69, 9.17) is 16.3 Å². The van der Waals surface area contributed by atoms with E-state index < -0.39 is 0 Å². The maximum atomic E-state index is 6.39. The van der Waals surface area contributed by atoms with E-state index in [0.29, 0.717) is 0 Å². The van der Waals surface area contributed by atoms with E-state index in [2.05, 4.69) is 42.3 Å².